The standard InChI is InChI=1S/C24H22Cl2N4O3S.C17H19ClN4O5S.C7H5ClO.2Na.O4S2/c1-33-22-9-8-17(15-20(22)26)34(31,32)29-13-10-16(11-14-29)30-23(18-5-2-3-6-19(18)25)28-21-7-4-12-27-24(21)30;1-27-16-5-4-13(11-14(16)18)28(25,26)21-9-6-12(7-10-21)20-17-15(22(23)24)3-2-8-19-17;8-7-4-2-1-3-6(7)5-9;;;1-5(2)6(3)4/h2-9,12,15-16H,10-11,13-14H2,1H3;2-5,8,11-12H,6-7,9-10H2,1H3,(H,19,20);1-5H;;;. The minimum atomic E-state index is -3.69. The molecule has 2 saturated heterocycles. The molecule has 7 aromatic rings. The van der Waals surface area contributed by atoms with Gasteiger partial charge in [-0.3, -0.25) is 14.9 Å². The van der Waals surface area contributed by atoms with Crippen LogP contribution in [0.15, 0.2) is 131 Å². The molecule has 0 bridgehead atoms. The van der Waals surface area contributed by atoms with Crippen LogP contribution in [-0.2, 0) is 38.6 Å². The zero-order valence-electron chi connectivity index (χ0n) is 42.5. The number of benzene rings is 4. The van der Waals surface area contributed by atoms with Crippen LogP contribution in [0.2, 0.25) is 20.1 Å². The van der Waals surface area contributed by atoms with Gasteiger partial charge in [0.15, 0.2) is 11.9 Å². The van der Waals surface area contributed by atoms with Crippen molar-refractivity contribution in [3.8, 4) is 22.9 Å². The Hall–Kier alpha value is -4.26. The molecule has 79 heavy (non-hydrogen) atoms. The van der Waals surface area contributed by atoms with Crippen LogP contribution < -0.4 is 14.8 Å². The first-order chi connectivity index (χ1) is 37.7. The third-order valence-corrected chi connectivity index (χ3v) is 17.7. The number of carbonyl (C=O) groups is 1. The Labute approximate surface area is 506 Å². The number of aromatic nitrogens is 4. The van der Waals surface area contributed by atoms with E-state index in [2.05, 4.69) is 19.9 Å². The molecule has 0 atom stereocenters. The number of sulfonamides is 2. The molecule has 2 aliphatic heterocycles. The van der Waals surface area contributed by atoms with Crippen LogP contribution in [0.25, 0.3) is 22.6 Å². The van der Waals surface area contributed by atoms with E-state index in [-0.39, 0.29) is 56.5 Å². The number of hydrogen-bond acceptors (Lipinski definition) is 17. The molecule has 2 aliphatic rings. The maximum absolute atomic E-state index is 13.3. The first kappa shape index (κ1) is 65.5. The Bertz CT molecular complexity index is 3740. The first-order valence-electron chi connectivity index (χ1n) is 23.7. The summed E-state index contributed by atoms with van der Waals surface area (Å²) in [6, 6.07) is 29.9. The molecule has 4 aromatic carbocycles. The monoisotopic (exact) mass is 1260 g/mol. The Morgan fingerprint density at radius 3 is 1.63 bits per heavy atom. The molecule has 3 aromatic heterocycles. The summed E-state index contributed by atoms with van der Waals surface area (Å²) in [6.45, 7) is 1.30. The number of pyridine rings is 2. The fourth-order valence-electron chi connectivity index (χ4n) is 8.02. The predicted molar refractivity (Wildman–Crippen MR) is 303 cm³/mol. The molecule has 0 unspecified atom stereocenters. The molecule has 9 rings (SSSR count). The summed E-state index contributed by atoms with van der Waals surface area (Å²) in [5.41, 5.74) is 2.80. The van der Waals surface area contributed by atoms with E-state index in [1.54, 1.807) is 36.5 Å². The van der Waals surface area contributed by atoms with E-state index in [1.807, 2.05) is 36.4 Å². The van der Waals surface area contributed by atoms with Crippen LogP contribution in [0.5, 0.6) is 11.5 Å². The van der Waals surface area contributed by atoms with Crippen molar-refractivity contribution in [1.29, 1.82) is 0 Å². The summed E-state index contributed by atoms with van der Waals surface area (Å²) in [5.74, 6) is 1.77. The van der Waals surface area contributed by atoms with Crippen molar-refractivity contribution in [1.82, 2.24) is 28.1 Å². The predicted octanol–water partition coefficient (Wildman–Crippen LogP) is 8.41. The normalized spacial score (nSPS) is 14.1. The van der Waals surface area contributed by atoms with Crippen LogP contribution >= 0.6 is 46.4 Å². The Morgan fingerprint density at radius 1 is 0.671 bits per heavy atom. The number of aldehydes is 1. The number of rotatable bonds is 12. The molecule has 0 spiro atoms. The molecule has 1 N–H and O–H groups in total. The summed E-state index contributed by atoms with van der Waals surface area (Å²) in [6.07, 6.45) is 6.17. The van der Waals surface area contributed by atoms with Crippen LogP contribution in [0.1, 0.15) is 42.1 Å². The van der Waals surface area contributed by atoms with Gasteiger partial charge in [-0.1, -0.05) is 76.7 Å². The van der Waals surface area contributed by atoms with Gasteiger partial charge in [0.25, 0.3) is 0 Å². The minimum absolute atomic E-state index is 0.0251. The van der Waals surface area contributed by atoms with E-state index in [9.17, 15) is 31.7 Å². The summed E-state index contributed by atoms with van der Waals surface area (Å²) in [4.78, 5) is 34.4. The van der Waals surface area contributed by atoms with E-state index >= 15 is 0 Å². The van der Waals surface area contributed by atoms with E-state index in [0.717, 1.165) is 28.8 Å². The topological polar surface area (TPSA) is 277 Å². The van der Waals surface area contributed by atoms with E-state index < -0.39 is 43.5 Å². The maximum atomic E-state index is 13.3. The first-order valence-corrected chi connectivity index (χ1v) is 38.8. The van der Waals surface area contributed by atoms with Crippen molar-refractivity contribution in [2.75, 3.05) is 45.7 Å². The van der Waals surface area contributed by atoms with Crippen molar-refractivity contribution in [2.24, 2.45) is 0 Å². The van der Waals surface area contributed by atoms with E-state index in [4.69, 9.17) is 77.7 Å². The Kier molecular flexibility index (Phi) is 25.9. The number of fused-ring (bicyclic) bond motifs is 1. The molecule has 0 saturated carbocycles. The molecule has 0 amide bonds. The van der Waals surface area contributed by atoms with Gasteiger partial charge in [-0.2, -0.15) is 25.4 Å². The number of nitro groups is 1. The van der Waals surface area contributed by atoms with Crippen LogP contribution in [0.3, 0.4) is 0 Å². The summed E-state index contributed by atoms with van der Waals surface area (Å²) in [7, 11) is -10.3. The van der Waals surface area contributed by atoms with Crippen LogP contribution in [-0.4, -0.2) is 163 Å². The van der Waals surface area contributed by atoms with Crippen LogP contribution in [0.4, 0.5) is 11.5 Å². The number of anilines is 1. The van der Waals surface area contributed by atoms with Crippen molar-refractivity contribution in [3.63, 3.8) is 0 Å². The summed E-state index contributed by atoms with van der Waals surface area (Å²) < 4.78 is 104. The third kappa shape index (κ3) is 17.4. The molecule has 0 radical (unpaired) electrons. The molecule has 21 nitrogen and oxygen atoms in total. The Morgan fingerprint density at radius 2 is 1.16 bits per heavy atom. The fraction of sp³-hybridized carbons (Fsp3) is 0.250. The number of ether oxygens (including phenoxy) is 2. The van der Waals surface area contributed by atoms with Gasteiger partial charge >= 0.3 is 67.8 Å². The average Bonchev–Trinajstić information content (AvgIpc) is 4.10. The summed E-state index contributed by atoms with van der Waals surface area (Å²) >= 11 is 27.2. The molecular formula is C48H46Cl4N8Na2O13S4. The van der Waals surface area contributed by atoms with Gasteiger partial charge in [0.2, 0.25) is 25.9 Å². The number of imidazole rings is 1. The number of nitrogens with one attached hydrogen (secondary N) is 1. The number of hydrogen-bond donors (Lipinski definition) is 1. The number of methoxy groups -OCH3 is 2. The summed E-state index contributed by atoms with van der Waals surface area (Å²) in [5, 5.41) is 15.8. The number of piperidine rings is 2. The van der Waals surface area contributed by atoms with E-state index in [1.165, 1.54) is 115 Å². The molecule has 0 aliphatic carbocycles. The van der Waals surface area contributed by atoms with Crippen molar-refractivity contribution >= 4 is 158 Å². The van der Waals surface area contributed by atoms with E-state index in [0.29, 0.717) is 65.9 Å². The number of halogens is 4. The van der Waals surface area contributed by atoms with Crippen LogP contribution in [0, 0.1) is 10.1 Å². The SMILES string of the molecule is COc1ccc(S(=O)(=O)N2CCC(Nc3ncccc3[N+](=O)[O-])CC2)cc1Cl.COc1ccc(S(=O)(=O)N2CCC(n3c(-c4ccccc4Cl)nc4cccnc43)CC2)cc1Cl.O=Cc1ccccc1Cl.O=S(=O)=S(=O)=O.[Na][Na]. The van der Waals surface area contributed by atoms with Gasteiger partial charge in [-0.05, 0) is 98.5 Å². The molecule has 31 heteroatoms. The van der Waals surface area contributed by atoms with Gasteiger partial charge in [0.05, 0.1) is 49.0 Å². The number of nitrogens with zero attached hydrogens (tertiary/aromatic N) is 7. The van der Waals surface area contributed by atoms with Gasteiger partial charge < -0.3 is 19.4 Å². The van der Waals surface area contributed by atoms with Gasteiger partial charge in [-0.25, -0.2) is 31.8 Å². The van der Waals surface area contributed by atoms with Crippen molar-refractivity contribution in [3.05, 3.63) is 157 Å². The quantitative estimate of drug-likeness (QED) is 0.0520. The van der Waals surface area contributed by atoms with Crippen molar-refractivity contribution < 1.29 is 52.9 Å². The zero-order valence-corrected chi connectivity index (χ0v) is 52.8. The fourth-order valence-corrected chi connectivity index (χ4v) is 12.1. The second kappa shape index (κ2) is 31.2. The molecule has 5 heterocycles. The van der Waals surface area contributed by atoms with Gasteiger partial charge in [0.1, 0.15) is 22.8 Å². The number of carbonyl (C=O) groups excluding carboxylic acids is 1. The van der Waals surface area contributed by atoms with Gasteiger partial charge in [0, 0.05) is 67.8 Å². The van der Waals surface area contributed by atoms with Gasteiger partial charge in [-0.15, -0.1) is 0 Å². The third-order valence-electron chi connectivity index (χ3n) is 11.8. The molecular weight excluding hydrogens is 1210 g/mol. The zero-order chi connectivity index (χ0) is 58.0. The average molecular weight is 1260 g/mol. The molecule has 2 fully saturated rings. The Balaban J connectivity index is 0.000000227. The second-order valence-electron chi connectivity index (χ2n) is 16.4. The molecule has 410 valence electrons. The second-order valence-corrected chi connectivity index (χ2v) is 24.3. The van der Waals surface area contributed by atoms with Crippen molar-refractivity contribution in [2.45, 2.75) is 47.6 Å².